The lowest BCUT2D eigenvalue weighted by atomic mass is 10.5. The molecule has 1 aromatic rings. The molecule has 0 saturated carbocycles. The molecule has 0 bridgehead atoms. The molecule has 84 valence electrons. The van der Waals surface area contributed by atoms with E-state index in [4.69, 9.17) is 4.74 Å². The molecule has 0 spiro atoms. The fourth-order valence-corrected chi connectivity index (χ4v) is 1.03. The SMILES string of the molecule is CCNc1cc(OCCN(C)C)ncn1. The highest BCUT2D eigenvalue weighted by atomic mass is 16.5. The summed E-state index contributed by atoms with van der Waals surface area (Å²) < 4.78 is 5.47. The van der Waals surface area contributed by atoms with Crippen molar-refractivity contribution in [3.8, 4) is 5.88 Å². The van der Waals surface area contributed by atoms with Crippen LogP contribution in [0.1, 0.15) is 6.92 Å². The lowest BCUT2D eigenvalue weighted by molar-refractivity contribution is 0.253. The summed E-state index contributed by atoms with van der Waals surface area (Å²) in [7, 11) is 4.01. The van der Waals surface area contributed by atoms with Gasteiger partial charge in [0.05, 0.1) is 0 Å². The van der Waals surface area contributed by atoms with E-state index >= 15 is 0 Å². The van der Waals surface area contributed by atoms with E-state index in [1.807, 2.05) is 21.0 Å². The molecule has 1 N–H and O–H groups in total. The van der Waals surface area contributed by atoms with E-state index in [1.165, 1.54) is 6.33 Å². The van der Waals surface area contributed by atoms with Gasteiger partial charge in [0.2, 0.25) is 5.88 Å². The number of nitrogens with zero attached hydrogens (tertiary/aromatic N) is 3. The van der Waals surface area contributed by atoms with E-state index in [1.54, 1.807) is 6.07 Å². The predicted octanol–water partition coefficient (Wildman–Crippen LogP) is 0.849. The molecule has 0 fully saturated rings. The van der Waals surface area contributed by atoms with Gasteiger partial charge < -0.3 is 15.0 Å². The van der Waals surface area contributed by atoms with Crippen molar-refractivity contribution < 1.29 is 4.74 Å². The number of hydrogen-bond acceptors (Lipinski definition) is 5. The maximum Gasteiger partial charge on any atom is 0.218 e. The van der Waals surface area contributed by atoms with Crippen molar-refractivity contribution in [1.82, 2.24) is 14.9 Å². The van der Waals surface area contributed by atoms with E-state index in [0.717, 1.165) is 18.9 Å². The normalized spacial score (nSPS) is 10.4. The van der Waals surface area contributed by atoms with E-state index in [2.05, 4.69) is 20.2 Å². The third kappa shape index (κ3) is 4.60. The summed E-state index contributed by atoms with van der Waals surface area (Å²) >= 11 is 0. The summed E-state index contributed by atoms with van der Waals surface area (Å²) in [6.45, 7) is 4.37. The number of aromatic nitrogens is 2. The van der Waals surface area contributed by atoms with Crippen LogP contribution >= 0.6 is 0 Å². The average Bonchev–Trinajstić information content (AvgIpc) is 2.18. The first-order chi connectivity index (χ1) is 7.22. The summed E-state index contributed by atoms with van der Waals surface area (Å²) in [5.41, 5.74) is 0. The fourth-order valence-electron chi connectivity index (χ4n) is 1.03. The molecule has 5 nitrogen and oxygen atoms in total. The van der Waals surface area contributed by atoms with E-state index in [-0.39, 0.29) is 0 Å². The van der Waals surface area contributed by atoms with Crippen LogP contribution in [0.15, 0.2) is 12.4 Å². The lowest BCUT2D eigenvalue weighted by Crippen LogP contribution is -2.19. The molecule has 0 aliphatic carbocycles. The molecule has 0 saturated heterocycles. The largest absolute Gasteiger partial charge is 0.476 e. The number of ether oxygens (including phenoxy) is 1. The number of nitrogens with one attached hydrogen (secondary N) is 1. The van der Waals surface area contributed by atoms with E-state index in [9.17, 15) is 0 Å². The summed E-state index contributed by atoms with van der Waals surface area (Å²) in [6, 6.07) is 1.80. The maximum absolute atomic E-state index is 5.47. The van der Waals surface area contributed by atoms with E-state index < -0.39 is 0 Å². The second-order valence-corrected chi connectivity index (χ2v) is 3.42. The predicted molar refractivity (Wildman–Crippen MR) is 60.2 cm³/mol. The summed E-state index contributed by atoms with van der Waals surface area (Å²) in [5.74, 6) is 1.41. The van der Waals surface area contributed by atoms with Crippen LogP contribution in [-0.2, 0) is 0 Å². The van der Waals surface area contributed by atoms with Crippen LogP contribution < -0.4 is 10.1 Å². The standard InChI is InChI=1S/C10H18N4O/c1-4-11-9-7-10(13-8-12-9)15-6-5-14(2)3/h7-8H,4-6H2,1-3H3,(H,11,12,13). The third-order valence-corrected chi connectivity index (χ3v) is 1.79. The van der Waals surface area contributed by atoms with Crippen molar-refractivity contribution >= 4 is 5.82 Å². The van der Waals surface area contributed by atoms with Crippen LogP contribution in [0.4, 0.5) is 5.82 Å². The zero-order valence-corrected chi connectivity index (χ0v) is 9.53. The minimum atomic E-state index is 0.614. The Morgan fingerprint density at radius 1 is 1.40 bits per heavy atom. The van der Waals surface area contributed by atoms with Gasteiger partial charge in [0.25, 0.3) is 0 Å². The Morgan fingerprint density at radius 2 is 2.20 bits per heavy atom. The molecular formula is C10H18N4O. The van der Waals surface area contributed by atoms with Gasteiger partial charge in [0.15, 0.2) is 0 Å². The molecular weight excluding hydrogens is 192 g/mol. The zero-order valence-electron chi connectivity index (χ0n) is 9.53. The van der Waals surface area contributed by atoms with Crippen molar-refractivity contribution in [3.05, 3.63) is 12.4 Å². The molecule has 5 heteroatoms. The molecule has 1 aromatic heterocycles. The van der Waals surface area contributed by atoms with Crippen LogP contribution in [0.2, 0.25) is 0 Å². The molecule has 0 atom stereocenters. The Kier molecular flexibility index (Phi) is 4.83. The maximum atomic E-state index is 5.47. The van der Waals surface area contributed by atoms with Crippen LogP contribution in [0, 0.1) is 0 Å². The molecule has 0 amide bonds. The molecule has 0 aromatic carbocycles. The first kappa shape index (κ1) is 11.7. The van der Waals surface area contributed by atoms with Crippen LogP contribution in [0.25, 0.3) is 0 Å². The van der Waals surface area contributed by atoms with Crippen molar-refractivity contribution in [1.29, 1.82) is 0 Å². The first-order valence-electron chi connectivity index (χ1n) is 5.06. The van der Waals surface area contributed by atoms with Crippen molar-refractivity contribution in [2.45, 2.75) is 6.92 Å². The van der Waals surface area contributed by atoms with Gasteiger partial charge in [-0.3, -0.25) is 0 Å². The molecule has 1 rings (SSSR count). The van der Waals surface area contributed by atoms with Gasteiger partial charge in [0, 0.05) is 19.2 Å². The third-order valence-electron chi connectivity index (χ3n) is 1.79. The van der Waals surface area contributed by atoms with Crippen LogP contribution in [0.5, 0.6) is 5.88 Å². The Bertz CT molecular complexity index is 291. The lowest BCUT2D eigenvalue weighted by Gasteiger charge is -2.10. The fraction of sp³-hybridized carbons (Fsp3) is 0.600. The highest BCUT2D eigenvalue weighted by Gasteiger charge is 1.98. The van der Waals surface area contributed by atoms with E-state index in [0.29, 0.717) is 12.5 Å². The molecule has 1 heterocycles. The molecule has 0 aliphatic heterocycles. The summed E-state index contributed by atoms with van der Waals surface area (Å²) in [5, 5.41) is 3.11. The summed E-state index contributed by atoms with van der Waals surface area (Å²) in [6.07, 6.45) is 1.50. The Labute approximate surface area is 90.5 Å². The summed E-state index contributed by atoms with van der Waals surface area (Å²) in [4.78, 5) is 10.1. The highest BCUT2D eigenvalue weighted by Crippen LogP contribution is 2.10. The van der Waals surface area contributed by atoms with Gasteiger partial charge in [-0.1, -0.05) is 0 Å². The van der Waals surface area contributed by atoms with Crippen molar-refractivity contribution in [3.63, 3.8) is 0 Å². The number of anilines is 1. The molecule has 15 heavy (non-hydrogen) atoms. The van der Waals surface area contributed by atoms with Gasteiger partial charge in [-0.15, -0.1) is 0 Å². The Morgan fingerprint density at radius 3 is 2.87 bits per heavy atom. The number of hydrogen-bond donors (Lipinski definition) is 1. The van der Waals surface area contributed by atoms with Gasteiger partial charge in [0.1, 0.15) is 18.8 Å². The highest BCUT2D eigenvalue weighted by molar-refractivity contribution is 5.36. The second kappa shape index (κ2) is 6.19. The van der Waals surface area contributed by atoms with Gasteiger partial charge in [-0.25, -0.2) is 9.97 Å². The quantitative estimate of drug-likeness (QED) is 0.754. The number of likely N-dealkylation sites (N-methyl/N-ethyl adjacent to an activating group) is 1. The van der Waals surface area contributed by atoms with Gasteiger partial charge in [-0.2, -0.15) is 0 Å². The minimum absolute atomic E-state index is 0.614. The Hall–Kier alpha value is -1.36. The molecule has 0 aliphatic rings. The zero-order chi connectivity index (χ0) is 11.1. The van der Waals surface area contributed by atoms with Crippen molar-refractivity contribution in [2.75, 3.05) is 39.1 Å². The van der Waals surface area contributed by atoms with Crippen LogP contribution in [-0.4, -0.2) is 48.7 Å². The number of rotatable bonds is 6. The minimum Gasteiger partial charge on any atom is -0.476 e. The average molecular weight is 210 g/mol. The smallest absolute Gasteiger partial charge is 0.218 e. The second-order valence-electron chi connectivity index (χ2n) is 3.42. The van der Waals surface area contributed by atoms with Gasteiger partial charge in [-0.05, 0) is 21.0 Å². The first-order valence-corrected chi connectivity index (χ1v) is 5.06. The van der Waals surface area contributed by atoms with Crippen LogP contribution in [0.3, 0.4) is 0 Å². The van der Waals surface area contributed by atoms with Crippen molar-refractivity contribution in [2.24, 2.45) is 0 Å². The monoisotopic (exact) mass is 210 g/mol. The Balaban J connectivity index is 2.43. The van der Waals surface area contributed by atoms with Gasteiger partial charge >= 0.3 is 0 Å². The molecule has 0 radical (unpaired) electrons. The molecule has 0 unspecified atom stereocenters. The topological polar surface area (TPSA) is 50.3 Å².